The molecule has 1 aliphatic rings. The molecule has 2 heteroatoms. The first-order valence-electron chi connectivity index (χ1n) is 7.85. The standard InChI is InChI=1S/C16H30O2/c1-3-4-5-6-7-8-9-10-11-15(17)16(18-2)14-12-13-14/h14,16H,3-13H2,1-2H3. The minimum absolute atomic E-state index is 0.0884. The molecule has 1 atom stereocenters. The summed E-state index contributed by atoms with van der Waals surface area (Å²) >= 11 is 0. The van der Waals surface area contributed by atoms with Crippen LogP contribution in [0.5, 0.6) is 0 Å². The minimum Gasteiger partial charge on any atom is -0.373 e. The molecule has 0 heterocycles. The van der Waals surface area contributed by atoms with Crippen LogP contribution in [-0.4, -0.2) is 19.0 Å². The maximum absolute atomic E-state index is 11.9. The van der Waals surface area contributed by atoms with Gasteiger partial charge in [-0.3, -0.25) is 4.79 Å². The van der Waals surface area contributed by atoms with Crippen LogP contribution in [0.4, 0.5) is 0 Å². The normalized spacial score (nSPS) is 16.8. The number of methoxy groups -OCH3 is 1. The van der Waals surface area contributed by atoms with Gasteiger partial charge in [0.25, 0.3) is 0 Å². The minimum atomic E-state index is -0.0884. The first-order chi connectivity index (χ1) is 8.79. The van der Waals surface area contributed by atoms with Crippen molar-refractivity contribution in [2.24, 2.45) is 5.92 Å². The number of carbonyl (C=O) groups is 1. The molecule has 1 saturated carbocycles. The number of hydrogen-bond acceptors (Lipinski definition) is 2. The van der Waals surface area contributed by atoms with Crippen molar-refractivity contribution in [1.29, 1.82) is 0 Å². The molecule has 106 valence electrons. The molecule has 0 aliphatic heterocycles. The van der Waals surface area contributed by atoms with E-state index in [4.69, 9.17) is 4.74 Å². The Balaban J connectivity index is 1.92. The molecule has 18 heavy (non-hydrogen) atoms. The van der Waals surface area contributed by atoms with E-state index >= 15 is 0 Å². The summed E-state index contributed by atoms with van der Waals surface area (Å²) in [7, 11) is 1.68. The van der Waals surface area contributed by atoms with E-state index in [0.717, 1.165) is 12.8 Å². The summed E-state index contributed by atoms with van der Waals surface area (Å²) in [6.07, 6.45) is 13.3. The molecule has 0 radical (unpaired) electrons. The molecular formula is C16H30O2. The molecule has 1 aliphatic carbocycles. The molecule has 0 aromatic carbocycles. The zero-order valence-corrected chi connectivity index (χ0v) is 12.2. The van der Waals surface area contributed by atoms with E-state index in [-0.39, 0.29) is 6.10 Å². The predicted molar refractivity (Wildman–Crippen MR) is 75.8 cm³/mol. The fourth-order valence-corrected chi connectivity index (χ4v) is 2.56. The Morgan fingerprint density at radius 3 is 2.11 bits per heavy atom. The van der Waals surface area contributed by atoms with Crippen molar-refractivity contribution in [1.82, 2.24) is 0 Å². The van der Waals surface area contributed by atoms with Gasteiger partial charge in [0.05, 0.1) is 0 Å². The van der Waals surface area contributed by atoms with Crippen molar-refractivity contribution in [2.75, 3.05) is 7.11 Å². The van der Waals surface area contributed by atoms with Crippen LogP contribution in [0.2, 0.25) is 0 Å². The SMILES string of the molecule is CCCCCCCCCCC(=O)C(OC)C1CC1. The smallest absolute Gasteiger partial charge is 0.161 e. The van der Waals surface area contributed by atoms with Crippen LogP contribution >= 0.6 is 0 Å². The summed E-state index contributed by atoms with van der Waals surface area (Å²) in [5.74, 6) is 0.877. The molecular weight excluding hydrogens is 224 g/mol. The molecule has 2 nitrogen and oxygen atoms in total. The number of ether oxygens (including phenoxy) is 1. The van der Waals surface area contributed by atoms with E-state index in [1.54, 1.807) is 7.11 Å². The number of carbonyl (C=O) groups excluding carboxylic acids is 1. The zero-order chi connectivity index (χ0) is 13.2. The summed E-state index contributed by atoms with van der Waals surface area (Å²) in [4.78, 5) is 11.9. The van der Waals surface area contributed by atoms with Crippen LogP contribution in [0, 0.1) is 5.92 Å². The third-order valence-corrected chi connectivity index (χ3v) is 3.90. The Morgan fingerprint density at radius 1 is 1.06 bits per heavy atom. The molecule has 0 spiro atoms. The molecule has 0 aromatic rings. The van der Waals surface area contributed by atoms with E-state index in [9.17, 15) is 4.79 Å². The van der Waals surface area contributed by atoms with Crippen molar-refractivity contribution < 1.29 is 9.53 Å². The van der Waals surface area contributed by atoms with Gasteiger partial charge in [-0.1, -0.05) is 51.9 Å². The lowest BCUT2D eigenvalue weighted by Gasteiger charge is -2.12. The fourth-order valence-electron chi connectivity index (χ4n) is 2.56. The van der Waals surface area contributed by atoms with Gasteiger partial charge >= 0.3 is 0 Å². The number of unbranched alkanes of at least 4 members (excludes halogenated alkanes) is 7. The molecule has 1 rings (SSSR count). The third-order valence-electron chi connectivity index (χ3n) is 3.90. The van der Waals surface area contributed by atoms with E-state index in [0.29, 0.717) is 11.7 Å². The lowest BCUT2D eigenvalue weighted by atomic mass is 10.0. The first-order valence-corrected chi connectivity index (χ1v) is 7.85. The topological polar surface area (TPSA) is 26.3 Å². The number of hydrogen-bond donors (Lipinski definition) is 0. The maximum Gasteiger partial charge on any atom is 0.161 e. The number of ketones is 1. The Kier molecular flexibility index (Phi) is 8.32. The van der Waals surface area contributed by atoms with E-state index in [2.05, 4.69) is 6.92 Å². The number of Topliss-reactive ketones (excluding diaryl/α,β-unsaturated/α-hetero) is 1. The van der Waals surface area contributed by atoms with Crippen molar-refractivity contribution >= 4 is 5.78 Å². The Bertz CT molecular complexity index is 221. The molecule has 0 N–H and O–H groups in total. The van der Waals surface area contributed by atoms with Gasteiger partial charge in [0, 0.05) is 13.5 Å². The second-order valence-corrected chi connectivity index (χ2v) is 5.68. The van der Waals surface area contributed by atoms with Gasteiger partial charge in [-0.15, -0.1) is 0 Å². The Hall–Kier alpha value is -0.370. The number of rotatable bonds is 12. The van der Waals surface area contributed by atoms with E-state index in [1.807, 2.05) is 0 Å². The predicted octanol–water partition coefficient (Wildman–Crippen LogP) is 4.51. The van der Waals surface area contributed by atoms with Crippen LogP contribution in [0.3, 0.4) is 0 Å². The highest BCUT2D eigenvalue weighted by Crippen LogP contribution is 2.35. The van der Waals surface area contributed by atoms with Crippen LogP contribution in [0.1, 0.15) is 77.6 Å². The van der Waals surface area contributed by atoms with Crippen molar-refractivity contribution in [3.05, 3.63) is 0 Å². The highest BCUT2D eigenvalue weighted by atomic mass is 16.5. The molecule has 0 saturated heterocycles. The van der Waals surface area contributed by atoms with Crippen LogP contribution in [-0.2, 0) is 9.53 Å². The molecule has 0 bridgehead atoms. The molecule has 0 aromatic heterocycles. The maximum atomic E-state index is 11.9. The first kappa shape index (κ1) is 15.7. The summed E-state index contributed by atoms with van der Waals surface area (Å²) in [5.41, 5.74) is 0. The summed E-state index contributed by atoms with van der Waals surface area (Å²) in [6, 6.07) is 0. The highest BCUT2D eigenvalue weighted by Gasteiger charge is 2.35. The second kappa shape index (κ2) is 9.55. The monoisotopic (exact) mass is 254 g/mol. The lowest BCUT2D eigenvalue weighted by molar-refractivity contribution is -0.130. The lowest BCUT2D eigenvalue weighted by Crippen LogP contribution is -2.24. The van der Waals surface area contributed by atoms with Gasteiger partial charge in [-0.2, -0.15) is 0 Å². The highest BCUT2D eigenvalue weighted by molar-refractivity contribution is 5.83. The Morgan fingerprint density at radius 2 is 1.61 bits per heavy atom. The van der Waals surface area contributed by atoms with Gasteiger partial charge in [0.1, 0.15) is 6.10 Å². The van der Waals surface area contributed by atoms with Gasteiger partial charge < -0.3 is 4.74 Å². The quantitative estimate of drug-likeness (QED) is 0.479. The Labute approximate surface area is 112 Å². The largest absolute Gasteiger partial charge is 0.373 e. The summed E-state index contributed by atoms with van der Waals surface area (Å²) < 4.78 is 5.31. The molecule has 0 amide bonds. The van der Waals surface area contributed by atoms with Crippen molar-refractivity contribution in [3.8, 4) is 0 Å². The van der Waals surface area contributed by atoms with Gasteiger partial charge in [-0.25, -0.2) is 0 Å². The van der Waals surface area contributed by atoms with Gasteiger partial charge in [0.15, 0.2) is 5.78 Å². The average Bonchev–Trinajstić information content (AvgIpc) is 3.18. The summed E-state index contributed by atoms with van der Waals surface area (Å²) in [5, 5.41) is 0. The van der Waals surface area contributed by atoms with Crippen LogP contribution < -0.4 is 0 Å². The van der Waals surface area contributed by atoms with Crippen molar-refractivity contribution in [3.63, 3.8) is 0 Å². The second-order valence-electron chi connectivity index (χ2n) is 5.68. The van der Waals surface area contributed by atoms with Gasteiger partial charge in [-0.05, 0) is 25.2 Å². The van der Waals surface area contributed by atoms with Gasteiger partial charge in [0.2, 0.25) is 0 Å². The fraction of sp³-hybridized carbons (Fsp3) is 0.938. The molecule has 1 fully saturated rings. The third kappa shape index (κ3) is 6.53. The zero-order valence-electron chi connectivity index (χ0n) is 12.2. The van der Waals surface area contributed by atoms with Crippen molar-refractivity contribution in [2.45, 2.75) is 83.7 Å². The molecule has 1 unspecified atom stereocenters. The van der Waals surface area contributed by atoms with Crippen LogP contribution in [0.25, 0.3) is 0 Å². The summed E-state index contributed by atoms with van der Waals surface area (Å²) in [6.45, 7) is 2.25. The van der Waals surface area contributed by atoms with E-state index in [1.165, 1.54) is 57.8 Å². The van der Waals surface area contributed by atoms with E-state index < -0.39 is 0 Å². The van der Waals surface area contributed by atoms with Crippen LogP contribution in [0.15, 0.2) is 0 Å². The average molecular weight is 254 g/mol.